The van der Waals surface area contributed by atoms with Gasteiger partial charge in [-0.1, -0.05) is 64.0 Å². The minimum atomic E-state index is -0.928. The maximum Gasteiger partial charge on any atom is 0.307 e. The summed E-state index contributed by atoms with van der Waals surface area (Å²) in [5.41, 5.74) is 0. The molecule has 0 heterocycles. The van der Waals surface area contributed by atoms with Crippen molar-refractivity contribution in [3.05, 3.63) is 12.2 Å². The predicted octanol–water partition coefficient (Wildman–Crippen LogP) is 5.73. The number of carbonyl (C=O) groups is 2. The van der Waals surface area contributed by atoms with Crippen molar-refractivity contribution in [3.63, 3.8) is 0 Å². The number of carboxylic acids is 1. The molecule has 0 aromatic heterocycles. The maximum atomic E-state index is 12.0. The summed E-state index contributed by atoms with van der Waals surface area (Å²) in [6.45, 7) is 2.75. The van der Waals surface area contributed by atoms with Crippen LogP contribution in [0.1, 0.15) is 96.8 Å². The van der Waals surface area contributed by atoms with E-state index in [9.17, 15) is 9.59 Å². The van der Waals surface area contributed by atoms with Gasteiger partial charge < -0.3 is 14.3 Å². The number of carbonyl (C=O) groups excluding carboxylic acids is 1. The molecule has 0 aliphatic carbocycles. The summed E-state index contributed by atoms with van der Waals surface area (Å²) in [5.74, 6) is -1.20. The number of quaternary nitrogens is 1. The molecule has 5 heteroatoms. The van der Waals surface area contributed by atoms with Gasteiger partial charge in [-0.3, -0.25) is 9.59 Å². The van der Waals surface area contributed by atoms with E-state index in [1.54, 1.807) is 0 Å². The van der Waals surface area contributed by atoms with Crippen LogP contribution < -0.4 is 0 Å². The van der Waals surface area contributed by atoms with Crippen molar-refractivity contribution in [1.82, 2.24) is 0 Å². The summed E-state index contributed by atoms with van der Waals surface area (Å²) < 4.78 is 5.98. The van der Waals surface area contributed by atoms with Crippen LogP contribution in [0.25, 0.3) is 0 Å². The molecule has 0 fully saturated rings. The van der Waals surface area contributed by atoms with Crippen LogP contribution in [0.2, 0.25) is 0 Å². The first-order valence-corrected chi connectivity index (χ1v) is 11.6. The minimum absolute atomic E-state index is 0.131. The van der Waals surface area contributed by atoms with Gasteiger partial charge in [-0.05, 0) is 32.1 Å². The fourth-order valence-electron chi connectivity index (χ4n) is 3.36. The number of hydrogen-bond donors (Lipinski definition) is 1. The Hall–Kier alpha value is -1.36. The number of likely N-dealkylation sites (N-methyl/N-ethyl adjacent to an activating group) is 1. The van der Waals surface area contributed by atoms with Gasteiger partial charge in [0.2, 0.25) is 0 Å². The lowest BCUT2D eigenvalue weighted by Gasteiger charge is -2.28. The molecule has 0 aromatic rings. The third kappa shape index (κ3) is 21.2. The molecule has 0 spiro atoms. The average Bonchev–Trinajstić information content (AvgIpc) is 2.60. The normalized spacial score (nSPS) is 13.0. The highest BCUT2D eigenvalue weighted by atomic mass is 16.5. The van der Waals surface area contributed by atoms with E-state index in [1.807, 2.05) is 21.1 Å². The average molecular weight is 413 g/mol. The van der Waals surface area contributed by atoms with Gasteiger partial charge >= 0.3 is 11.9 Å². The minimum Gasteiger partial charge on any atom is -0.481 e. The van der Waals surface area contributed by atoms with Crippen molar-refractivity contribution < 1.29 is 23.9 Å². The molecule has 0 bridgehead atoms. The third-order valence-electron chi connectivity index (χ3n) is 4.84. The number of esters is 1. The molecule has 5 nitrogen and oxygen atoms in total. The van der Waals surface area contributed by atoms with Crippen LogP contribution in [0.3, 0.4) is 0 Å². The monoisotopic (exact) mass is 412 g/mol. The number of hydrogen-bond acceptors (Lipinski definition) is 3. The molecule has 0 amide bonds. The molecule has 0 aliphatic rings. The fourth-order valence-corrected chi connectivity index (χ4v) is 3.36. The Labute approximate surface area is 179 Å². The molecule has 0 radical (unpaired) electrons. The van der Waals surface area contributed by atoms with Crippen molar-refractivity contribution in [2.45, 2.75) is 103 Å². The van der Waals surface area contributed by atoms with Gasteiger partial charge in [-0.2, -0.15) is 0 Å². The van der Waals surface area contributed by atoms with Gasteiger partial charge in [0.15, 0.2) is 6.10 Å². The van der Waals surface area contributed by atoms with Crippen LogP contribution in [0.15, 0.2) is 12.2 Å². The third-order valence-corrected chi connectivity index (χ3v) is 4.84. The van der Waals surface area contributed by atoms with Gasteiger partial charge in [-0.15, -0.1) is 0 Å². The van der Waals surface area contributed by atoms with Crippen LogP contribution in [0.4, 0.5) is 0 Å². The Kier molecular flexibility index (Phi) is 16.7. The second-order valence-electron chi connectivity index (χ2n) is 9.16. The van der Waals surface area contributed by atoms with E-state index in [2.05, 4.69) is 19.1 Å². The molecule has 0 saturated heterocycles. The summed E-state index contributed by atoms with van der Waals surface area (Å²) in [6.07, 6.45) is 18.8. The maximum absolute atomic E-state index is 12.0. The predicted molar refractivity (Wildman–Crippen MR) is 120 cm³/mol. The van der Waals surface area contributed by atoms with E-state index in [-0.39, 0.29) is 12.4 Å². The Morgan fingerprint density at radius 3 is 1.90 bits per heavy atom. The van der Waals surface area contributed by atoms with Crippen LogP contribution in [-0.4, -0.2) is 55.3 Å². The molecule has 1 unspecified atom stereocenters. The smallest absolute Gasteiger partial charge is 0.307 e. The lowest BCUT2D eigenvalue weighted by atomic mass is 10.1. The van der Waals surface area contributed by atoms with E-state index in [0.717, 1.165) is 19.3 Å². The summed E-state index contributed by atoms with van der Waals surface area (Å²) in [6, 6.07) is 0. The number of unbranched alkanes of at least 4 members (excludes halogenated alkanes) is 10. The zero-order valence-electron chi connectivity index (χ0n) is 19.5. The molecular formula is C24H46NO4+. The fraction of sp³-hybridized carbons (Fsp3) is 0.833. The lowest BCUT2D eigenvalue weighted by molar-refractivity contribution is -0.873. The van der Waals surface area contributed by atoms with Crippen molar-refractivity contribution in [1.29, 1.82) is 0 Å². The van der Waals surface area contributed by atoms with Gasteiger partial charge in [0.25, 0.3) is 0 Å². The topological polar surface area (TPSA) is 63.6 Å². The quantitative estimate of drug-likeness (QED) is 0.127. The Morgan fingerprint density at radius 1 is 0.862 bits per heavy atom. The number of nitrogens with zero attached hydrogens (tertiary/aromatic N) is 1. The molecule has 170 valence electrons. The highest BCUT2D eigenvalue weighted by Gasteiger charge is 2.24. The lowest BCUT2D eigenvalue weighted by Crippen LogP contribution is -2.43. The van der Waals surface area contributed by atoms with E-state index < -0.39 is 12.1 Å². The zero-order valence-corrected chi connectivity index (χ0v) is 19.5. The Balaban J connectivity index is 3.67. The van der Waals surface area contributed by atoms with Gasteiger partial charge in [0.05, 0.1) is 27.6 Å². The largest absolute Gasteiger partial charge is 0.481 e. The number of allylic oxidation sites excluding steroid dienone is 2. The van der Waals surface area contributed by atoms with E-state index in [0.29, 0.717) is 17.4 Å². The number of rotatable bonds is 19. The first-order valence-electron chi connectivity index (χ1n) is 11.6. The van der Waals surface area contributed by atoms with Gasteiger partial charge in [0.1, 0.15) is 6.54 Å². The zero-order chi connectivity index (χ0) is 22.0. The molecule has 0 aliphatic heterocycles. The summed E-state index contributed by atoms with van der Waals surface area (Å²) in [7, 11) is 5.89. The molecule has 1 N–H and O–H groups in total. The SMILES string of the molecule is CCCCCC/C=C/CCCCCCCCC(=O)OC(CC(=O)O)C[N+](C)(C)C. The second-order valence-corrected chi connectivity index (χ2v) is 9.16. The van der Waals surface area contributed by atoms with Gasteiger partial charge in [-0.25, -0.2) is 0 Å². The molecule has 0 aromatic carbocycles. The van der Waals surface area contributed by atoms with Gasteiger partial charge in [0, 0.05) is 6.42 Å². The Morgan fingerprint density at radius 2 is 1.38 bits per heavy atom. The van der Waals surface area contributed by atoms with Crippen molar-refractivity contribution in [2.75, 3.05) is 27.7 Å². The van der Waals surface area contributed by atoms with Crippen LogP contribution in [0, 0.1) is 0 Å². The van der Waals surface area contributed by atoms with E-state index in [1.165, 1.54) is 57.8 Å². The number of ether oxygens (including phenoxy) is 1. The number of carboxylic acid groups (broad SMARTS) is 1. The molecule has 1 atom stereocenters. The van der Waals surface area contributed by atoms with E-state index >= 15 is 0 Å². The van der Waals surface area contributed by atoms with Crippen molar-refractivity contribution in [2.24, 2.45) is 0 Å². The summed E-state index contributed by atoms with van der Waals surface area (Å²) in [4.78, 5) is 23.0. The van der Waals surface area contributed by atoms with E-state index in [4.69, 9.17) is 9.84 Å². The standard InChI is InChI=1S/C24H45NO4/c1-5-6-7-8-9-10-11-12-13-14-15-16-17-18-19-24(28)29-22(20-23(26)27)21-25(2,3)4/h10-11,22H,5-9,12-21H2,1-4H3/p+1/b11-10+. The van der Waals surface area contributed by atoms with Crippen LogP contribution >= 0.6 is 0 Å². The molecule has 0 rings (SSSR count). The highest BCUT2D eigenvalue weighted by Crippen LogP contribution is 2.12. The molecular weight excluding hydrogens is 366 g/mol. The first kappa shape index (κ1) is 27.6. The highest BCUT2D eigenvalue weighted by molar-refractivity contribution is 5.71. The number of aliphatic carboxylic acids is 1. The summed E-state index contributed by atoms with van der Waals surface area (Å²) in [5, 5.41) is 9.00. The molecule has 0 saturated carbocycles. The van der Waals surface area contributed by atoms with Crippen LogP contribution in [-0.2, 0) is 14.3 Å². The first-order chi connectivity index (χ1) is 13.7. The summed E-state index contributed by atoms with van der Waals surface area (Å²) >= 11 is 0. The second kappa shape index (κ2) is 17.5. The molecule has 29 heavy (non-hydrogen) atoms. The van der Waals surface area contributed by atoms with Crippen molar-refractivity contribution in [3.8, 4) is 0 Å². The van der Waals surface area contributed by atoms with Crippen molar-refractivity contribution >= 4 is 11.9 Å². The Bertz CT molecular complexity index is 454. The van der Waals surface area contributed by atoms with Crippen LogP contribution in [0.5, 0.6) is 0 Å².